The average molecular weight is 135 g/mol. The lowest BCUT2D eigenvalue weighted by Crippen LogP contribution is -1.44. The highest BCUT2D eigenvalue weighted by Gasteiger charge is 1.56. The fourth-order valence-electron chi connectivity index (χ4n) is 0.493. The lowest BCUT2D eigenvalue weighted by Gasteiger charge is -1.49. The third-order valence-electron chi connectivity index (χ3n) is 0.902. The smallest absolute Gasteiger partial charge is 0.0919 e. The van der Waals surface area contributed by atoms with E-state index in [9.17, 15) is 0 Å². The number of rotatable bonds is 0. The van der Waals surface area contributed by atoms with Crippen LogP contribution in [0.1, 0.15) is 0 Å². The van der Waals surface area contributed by atoms with Gasteiger partial charge in [0, 0.05) is 24.8 Å². The Kier molecular flexibility index (Phi) is 2.89. The highest BCUT2D eigenvalue weighted by Crippen LogP contribution is 1.72. The number of H-pyrrole nitrogens is 2. The minimum atomic E-state index is 1.62. The predicted molar refractivity (Wildman–Crippen MR) is 39.4 cm³/mol. The molecular weight excluding hydrogens is 126 g/mol. The van der Waals surface area contributed by atoms with Crippen LogP contribution in [0.5, 0.6) is 0 Å². The summed E-state index contributed by atoms with van der Waals surface area (Å²) in [4.78, 5) is 9.28. The van der Waals surface area contributed by atoms with Crippen molar-refractivity contribution in [3.63, 3.8) is 0 Å². The molecule has 2 aromatic heterocycles. The molecule has 2 aromatic rings. The van der Waals surface area contributed by atoms with E-state index in [1.54, 1.807) is 18.7 Å². The molecule has 3 nitrogen and oxygen atoms in total. The molecule has 0 radical (unpaired) electrons. The summed E-state index contributed by atoms with van der Waals surface area (Å²) >= 11 is 0. The van der Waals surface area contributed by atoms with E-state index < -0.39 is 0 Å². The van der Waals surface area contributed by atoms with Crippen LogP contribution in [0.3, 0.4) is 0 Å². The first-order chi connectivity index (χ1) is 5.00. The number of nitrogens with zero attached hydrogens (tertiary/aromatic N) is 1. The molecule has 0 bridgehead atoms. The fourth-order valence-corrected chi connectivity index (χ4v) is 0.493. The molecule has 0 aliphatic rings. The maximum atomic E-state index is 3.67. The van der Waals surface area contributed by atoms with Crippen molar-refractivity contribution in [2.24, 2.45) is 0 Å². The standard InChI is InChI=1S/C4H5N.C3H4N2/c1-2-4-5-3-1;1-2-5-3-4-1/h1-5H;1-3H,(H,4,5). The topological polar surface area (TPSA) is 44.5 Å². The van der Waals surface area contributed by atoms with Crippen molar-refractivity contribution in [1.29, 1.82) is 0 Å². The molecule has 0 aliphatic heterocycles. The van der Waals surface area contributed by atoms with Gasteiger partial charge in [-0.2, -0.15) is 0 Å². The van der Waals surface area contributed by atoms with Crippen molar-refractivity contribution in [3.8, 4) is 0 Å². The third kappa shape index (κ3) is 2.71. The van der Waals surface area contributed by atoms with E-state index in [0.717, 1.165) is 0 Å². The first-order valence-corrected chi connectivity index (χ1v) is 3.00. The van der Waals surface area contributed by atoms with Crippen LogP contribution in [-0.4, -0.2) is 15.0 Å². The van der Waals surface area contributed by atoms with Crippen molar-refractivity contribution < 1.29 is 0 Å². The normalized spacial score (nSPS) is 8.00. The molecule has 3 heteroatoms. The molecule has 2 heterocycles. The van der Waals surface area contributed by atoms with Gasteiger partial charge in [-0.05, 0) is 12.1 Å². The second kappa shape index (κ2) is 4.38. The monoisotopic (exact) mass is 135 g/mol. The Bertz CT molecular complexity index is 148. The van der Waals surface area contributed by atoms with Gasteiger partial charge in [0.2, 0.25) is 0 Å². The maximum absolute atomic E-state index is 3.67. The van der Waals surface area contributed by atoms with E-state index in [2.05, 4.69) is 15.0 Å². The first kappa shape index (κ1) is 6.61. The Balaban J connectivity index is 0.0000001000. The largest absolute Gasteiger partial charge is 0.368 e. The SMILES string of the molecule is c1c[nH]cn1.c1cc[nH]c1. The third-order valence-corrected chi connectivity index (χ3v) is 0.902. The number of hydrogen-bond acceptors (Lipinski definition) is 1. The lowest BCUT2D eigenvalue weighted by atomic mass is 10.7. The van der Waals surface area contributed by atoms with Crippen molar-refractivity contribution >= 4 is 0 Å². The molecule has 0 fully saturated rings. The highest BCUT2D eigenvalue weighted by molar-refractivity contribution is 4.84. The van der Waals surface area contributed by atoms with Crippen molar-refractivity contribution in [2.45, 2.75) is 0 Å². The zero-order chi connectivity index (χ0) is 7.07. The van der Waals surface area contributed by atoms with E-state index in [-0.39, 0.29) is 0 Å². The number of aromatic nitrogens is 3. The van der Waals surface area contributed by atoms with Gasteiger partial charge in [-0.1, -0.05) is 0 Å². The quantitative estimate of drug-likeness (QED) is 0.563. The van der Waals surface area contributed by atoms with Crippen molar-refractivity contribution in [3.05, 3.63) is 43.2 Å². The molecule has 0 aromatic carbocycles. The molecular formula is C7H9N3. The summed E-state index contributed by atoms with van der Waals surface area (Å²) in [6.45, 7) is 0. The summed E-state index contributed by atoms with van der Waals surface area (Å²) in [5.41, 5.74) is 0. The molecule has 2 rings (SSSR count). The second-order valence-electron chi connectivity index (χ2n) is 1.65. The number of imidazole rings is 1. The minimum Gasteiger partial charge on any atom is -0.368 e. The van der Waals surface area contributed by atoms with Crippen LogP contribution in [0.4, 0.5) is 0 Å². The number of hydrogen-bond donors (Lipinski definition) is 2. The van der Waals surface area contributed by atoms with Gasteiger partial charge in [0.15, 0.2) is 0 Å². The van der Waals surface area contributed by atoms with E-state index in [1.165, 1.54) is 0 Å². The maximum Gasteiger partial charge on any atom is 0.0919 e. The Morgan fingerprint density at radius 1 is 0.900 bits per heavy atom. The van der Waals surface area contributed by atoms with Crippen LogP contribution in [0.15, 0.2) is 43.2 Å². The minimum absolute atomic E-state index is 1.62. The van der Waals surface area contributed by atoms with E-state index in [1.807, 2.05) is 24.5 Å². The highest BCUT2D eigenvalue weighted by atomic mass is 14.8. The molecule has 0 unspecified atom stereocenters. The molecule has 0 spiro atoms. The van der Waals surface area contributed by atoms with Gasteiger partial charge in [-0.25, -0.2) is 4.98 Å². The number of nitrogens with one attached hydrogen (secondary N) is 2. The molecule has 0 saturated heterocycles. The summed E-state index contributed by atoms with van der Waals surface area (Å²) in [7, 11) is 0. The Hall–Kier alpha value is -1.51. The van der Waals surface area contributed by atoms with Gasteiger partial charge in [0.05, 0.1) is 6.33 Å². The van der Waals surface area contributed by atoms with Gasteiger partial charge >= 0.3 is 0 Å². The van der Waals surface area contributed by atoms with Gasteiger partial charge in [-0.3, -0.25) is 0 Å². The van der Waals surface area contributed by atoms with Crippen LogP contribution in [-0.2, 0) is 0 Å². The van der Waals surface area contributed by atoms with Gasteiger partial charge in [-0.15, -0.1) is 0 Å². The summed E-state index contributed by atoms with van der Waals surface area (Å²) in [6, 6.07) is 3.89. The first-order valence-electron chi connectivity index (χ1n) is 3.00. The van der Waals surface area contributed by atoms with E-state index in [0.29, 0.717) is 0 Å². The van der Waals surface area contributed by atoms with E-state index in [4.69, 9.17) is 0 Å². The summed E-state index contributed by atoms with van der Waals surface area (Å²) < 4.78 is 0. The van der Waals surface area contributed by atoms with Crippen LogP contribution < -0.4 is 0 Å². The van der Waals surface area contributed by atoms with Gasteiger partial charge in [0.1, 0.15) is 0 Å². The fraction of sp³-hybridized carbons (Fsp3) is 0. The van der Waals surface area contributed by atoms with Gasteiger partial charge in [0.25, 0.3) is 0 Å². The molecule has 10 heavy (non-hydrogen) atoms. The molecule has 52 valence electrons. The second-order valence-corrected chi connectivity index (χ2v) is 1.65. The van der Waals surface area contributed by atoms with Crippen molar-refractivity contribution in [2.75, 3.05) is 0 Å². The summed E-state index contributed by atoms with van der Waals surface area (Å²) in [5, 5.41) is 0. The molecule has 0 aliphatic carbocycles. The molecule has 0 saturated carbocycles. The molecule has 2 N–H and O–H groups in total. The Morgan fingerprint density at radius 2 is 1.70 bits per heavy atom. The summed E-state index contributed by atoms with van der Waals surface area (Å²) in [6.07, 6.45) is 8.83. The van der Waals surface area contributed by atoms with E-state index >= 15 is 0 Å². The number of aromatic amines is 2. The zero-order valence-electron chi connectivity index (χ0n) is 5.49. The lowest BCUT2D eigenvalue weighted by molar-refractivity contribution is 1.31. The van der Waals surface area contributed by atoms with Gasteiger partial charge < -0.3 is 9.97 Å². The Morgan fingerprint density at radius 3 is 1.90 bits per heavy atom. The van der Waals surface area contributed by atoms with Crippen LogP contribution in [0.2, 0.25) is 0 Å². The Labute approximate surface area is 59.1 Å². The molecule has 0 atom stereocenters. The average Bonchev–Trinajstić information content (AvgIpc) is 2.67. The zero-order valence-corrected chi connectivity index (χ0v) is 5.49. The predicted octanol–water partition coefficient (Wildman–Crippen LogP) is 1.42. The molecule has 0 amide bonds. The van der Waals surface area contributed by atoms with Crippen LogP contribution in [0.25, 0.3) is 0 Å². The van der Waals surface area contributed by atoms with Crippen LogP contribution in [0, 0.1) is 0 Å². The summed E-state index contributed by atoms with van der Waals surface area (Å²) in [5.74, 6) is 0. The van der Waals surface area contributed by atoms with Crippen molar-refractivity contribution in [1.82, 2.24) is 15.0 Å². The van der Waals surface area contributed by atoms with Crippen LogP contribution >= 0.6 is 0 Å².